The zero-order valence-corrected chi connectivity index (χ0v) is 18.2. The van der Waals surface area contributed by atoms with Gasteiger partial charge in [-0.05, 0) is 62.1 Å². The molecular weight excluding hydrogens is 419 g/mol. The van der Waals surface area contributed by atoms with Crippen molar-refractivity contribution in [1.82, 2.24) is 15.5 Å². The summed E-state index contributed by atoms with van der Waals surface area (Å²) < 4.78 is 38.6. The normalized spacial score (nSPS) is 16.7. The van der Waals surface area contributed by atoms with E-state index in [0.717, 1.165) is 30.5 Å². The lowest BCUT2D eigenvalue weighted by atomic mass is 9.89. The van der Waals surface area contributed by atoms with Crippen LogP contribution in [0.4, 0.5) is 18.0 Å². The molecule has 1 atom stereocenters. The van der Waals surface area contributed by atoms with Crippen molar-refractivity contribution >= 4 is 11.9 Å². The van der Waals surface area contributed by atoms with Crippen LogP contribution in [0.15, 0.2) is 48.5 Å². The van der Waals surface area contributed by atoms with Gasteiger partial charge >= 0.3 is 12.2 Å². The minimum absolute atomic E-state index is 0.000436. The number of hydrogen-bond donors (Lipinski definition) is 2. The third kappa shape index (κ3) is 6.24. The lowest BCUT2D eigenvalue weighted by molar-refractivity contribution is -0.137. The number of likely N-dealkylation sites (tertiary alicyclic amines) is 1. The zero-order chi connectivity index (χ0) is 23.3. The largest absolute Gasteiger partial charge is 0.416 e. The summed E-state index contributed by atoms with van der Waals surface area (Å²) in [6.07, 6.45) is -2.63. The standard InChI is InChI=1S/C24H28F3N3O2/c1-16(2)29-23(32)30-11-5-9-20(15-30)18-7-4-8-19(13-18)22(31)28-14-17-6-3-10-21(12-17)24(25,26)27/h3-4,6-8,10,12-13,16,20H,5,9,11,14-15H2,1-2H3,(H,28,31)(H,29,32)/t20-/m0/s1. The van der Waals surface area contributed by atoms with Crippen LogP contribution in [-0.4, -0.2) is 36.0 Å². The van der Waals surface area contributed by atoms with Gasteiger partial charge in [-0.25, -0.2) is 4.79 Å². The predicted molar refractivity (Wildman–Crippen MR) is 116 cm³/mol. The maximum atomic E-state index is 12.9. The summed E-state index contributed by atoms with van der Waals surface area (Å²) in [5.74, 6) is -0.229. The SMILES string of the molecule is CC(C)NC(=O)N1CCC[C@H](c2cccc(C(=O)NCc3cccc(C(F)(F)F)c3)c2)C1. The van der Waals surface area contributed by atoms with Crippen LogP contribution in [0.1, 0.15) is 59.7 Å². The Hall–Kier alpha value is -3.03. The average Bonchev–Trinajstić information content (AvgIpc) is 2.77. The van der Waals surface area contributed by atoms with Crippen molar-refractivity contribution in [3.8, 4) is 0 Å². The molecule has 5 nitrogen and oxygen atoms in total. The molecule has 1 aliphatic rings. The molecule has 1 fully saturated rings. The number of urea groups is 1. The molecule has 2 aromatic rings. The highest BCUT2D eigenvalue weighted by atomic mass is 19.4. The molecule has 3 amide bonds. The molecule has 1 heterocycles. The topological polar surface area (TPSA) is 61.4 Å². The maximum absolute atomic E-state index is 12.9. The molecule has 8 heteroatoms. The highest BCUT2D eigenvalue weighted by molar-refractivity contribution is 5.94. The molecule has 32 heavy (non-hydrogen) atoms. The zero-order valence-electron chi connectivity index (χ0n) is 18.2. The van der Waals surface area contributed by atoms with E-state index >= 15 is 0 Å². The van der Waals surface area contributed by atoms with E-state index in [4.69, 9.17) is 0 Å². The van der Waals surface area contributed by atoms with Crippen LogP contribution in [0.25, 0.3) is 0 Å². The Morgan fingerprint density at radius 1 is 1.12 bits per heavy atom. The highest BCUT2D eigenvalue weighted by Gasteiger charge is 2.30. The van der Waals surface area contributed by atoms with Gasteiger partial charge in [0.05, 0.1) is 5.56 Å². The Morgan fingerprint density at radius 3 is 2.59 bits per heavy atom. The van der Waals surface area contributed by atoms with Gasteiger partial charge in [-0.15, -0.1) is 0 Å². The second-order valence-electron chi connectivity index (χ2n) is 8.40. The summed E-state index contributed by atoms with van der Waals surface area (Å²) in [5.41, 5.74) is 1.05. The van der Waals surface area contributed by atoms with Gasteiger partial charge in [0, 0.05) is 37.2 Å². The van der Waals surface area contributed by atoms with E-state index in [1.54, 1.807) is 29.2 Å². The molecule has 3 rings (SSSR count). The maximum Gasteiger partial charge on any atom is 0.416 e. The van der Waals surface area contributed by atoms with Crippen LogP contribution in [0, 0.1) is 0 Å². The summed E-state index contributed by atoms with van der Waals surface area (Å²) in [7, 11) is 0. The number of carbonyl (C=O) groups excluding carboxylic acids is 2. The van der Waals surface area contributed by atoms with Crippen LogP contribution in [0.3, 0.4) is 0 Å². The van der Waals surface area contributed by atoms with Crippen molar-refractivity contribution in [3.05, 3.63) is 70.8 Å². The smallest absolute Gasteiger partial charge is 0.348 e. The van der Waals surface area contributed by atoms with Crippen LogP contribution in [-0.2, 0) is 12.7 Å². The number of piperidine rings is 1. The number of benzene rings is 2. The Labute approximate surface area is 186 Å². The molecule has 172 valence electrons. The second kappa shape index (κ2) is 10.1. The Morgan fingerprint density at radius 2 is 1.88 bits per heavy atom. The molecule has 0 bridgehead atoms. The molecule has 0 aromatic heterocycles. The first-order valence-electron chi connectivity index (χ1n) is 10.7. The molecule has 0 saturated carbocycles. The number of nitrogens with zero attached hydrogens (tertiary/aromatic N) is 1. The molecular formula is C24H28F3N3O2. The monoisotopic (exact) mass is 447 g/mol. The van der Waals surface area contributed by atoms with Crippen molar-refractivity contribution in [2.75, 3.05) is 13.1 Å². The molecule has 1 saturated heterocycles. The first-order chi connectivity index (χ1) is 15.1. The first kappa shape index (κ1) is 23.6. The number of alkyl halides is 3. The summed E-state index contributed by atoms with van der Waals surface area (Å²) in [6.45, 7) is 5.11. The van der Waals surface area contributed by atoms with Crippen molar-refractivity contribution in [3.63, 3.8) is 0 Å². The van der Waals surface area contributed by atoms with E-state index in [1.807, 2.05) is 19.9 Å². The highest BCUT2D eigenvalue weighted by Crippen LogP contribution is 2.30. The van der Waals surface area contributed by atoms with Gasteiger partial charge in [-0.2, -0.15) is 13.2 Å². The van der Waals surface area contributed by atoms with Crippen molar-refractivity contribution in [1.29, 1.82) is 0 Å². The van der Waals surface area contributed by atoms with Gasteiger partial charge in [-0.1, -0.05) is 24.3 Å². The van der Waals surface area contributed by atoms with E-state index in [1.165, 1.54) is 6.07 Å². The fraction of sp³-hybridized carbons (Fsp3) is 0.417. The summed E-state index contributed by atoms with van der Waals surface area (Å²) in [4.78, 5) is 26.8. The van der Waals surface area contributed by atoms with Gasteiger partial charge < -0.3 is 15.5 Å². The van der Waals surface area contributed by atoms with E-state index in [2.05, 4.69) is 10.6 Å². The Balaban J connectivity index is 1.64. The quantitative estimate of drug-likeness (QED) is 0.683. The van der Waals surface area contributed by atoms with E-state index in [0.29, 0.717) is 24.2 Å². The third-order valence-electron chi connectivity index (χ3n) is 5.45. The molecule has 2 aromatic carbocycles. The second-order valence-corrected chi connectivity index (χ2v) is 8.40. The lowest BCUT2D eigenvalue weighted by Crippen LogP contribution is -2.47. The molecule has 0 aliphatic carbocycles. The third-order valence-corrected chi connectivity index (χ3v) is 5.45. The number of nitrogens with one attached hydrogen (secondary N) is 2. The summed E-state index contributed by atoms with van der Waals surface area (Å²) in [6, 6.07) is 12.1. The summed E-state index contributed by atoms with van der Waals surface area (Å²) in [5, 5.41) is 5.60. The van der Waals surface area contributed by atoms with Gasteiger partial charge in [0.2, 0.25) is 0 Å². The minimum Gasteiger partial charge on any atom is -0.348 e. The van der Waals surface area contributed by atoms with Crippen LogP contribution >= 0.6 is 0 Å². The molecule has 2 N–H and O–H groups in total. The van der Waals surface area contributed by atoms with Crippen LogP contribution in [0.5, 0.6) is 0 Å². The van der Waals surface area contributed by atoms with E-state index < -0.39 is 11.7 Å². The Bertz CT molecular complexity index is 960. The number of rotatable bonds is 5. The fourth-order valence-corrected chi connectivity index (χ4v) is 3.85. The molecule has 1 aliphatic heterocycles. The predicted octanol–water partition coefficient (Wildman–Crippen LogP) is 4.93. The van der Waals surface area contributed by atoms with Gasteiger partial charge in [-0.3, -0.25) is 4.79 Å². The first-order valence-corrected chi connectivity index (χ1v) is 10.7. The minimum atomic E-state index is -4.42. The van der Waals surface area contributed by atoms with Crippen molar-refractivity contribution in [2.45, 2.75) is 51.4 Å². The van der Waals surface area contributed by atoms with Crippen LogP contribution < -0.4 is 10.6 Å². The Kier molecular flexibility index (Phi) is 7.43. The van der Waals surface area contributed by atoms with E-state index in [-0.39, 0.29) is 30.4 Å². The number of hydrogen-bond acceptors (Lipinski definition) is 2. The van der Waals surface area contributed by atoms with E-state index in [9.17, 15) is 22.8 Å². The molecule has 0 unspecified atom stereocenters. The molecule has 0 spiro atoms. The van der Waals surface area contributed by atoms with Gasteiger partial charge in [0.15, 0.2) is 0 Å². The van der Waals surface area contributed by atoms with Crippen molar-refractivity contribution < 1.29 is 22.8 Å². The number of amides is 3. The van der Waals surface area contributed by atoms with Gasteiger partial charge in [0.25, 0.3) is 5.91 Å². The lowest BCUT2D eigenvalue weighted by Gasteiger charge is -2.33. The van der Waals surface area contributed by atoms with Crippen molar-refractivity contribution in [2.24, 2.45) is 0 Å². The number of carbonyl (C=O) groups is 2. The molecule has 0 radical (unpaired) electrons. The summed E-state index contributed by atoms with van der Waals surface area (Å²) >= 11 is 0. The number of halogens is 3. The van der Waals surface area contributed by atoms with Crippen LogP contribution in [0.2, 0.25) is 0 Å². The van der Waals surface area contributed by atoms with Gasteiger partial charge in [0.1, 0.15) is 0 Å². The average molecular weight is 448 g/mol. The fourth-order valence-electron chi connectivity index (χ4n) is 3.85.